The molecule has 152 valence electrons. The van der Waals surface area contributed by atoms with Gasteiger partial charge in [-0.15, -0.1) is 11.3 Å². The molecule has 0 unspecified atom stereocenters. The number of esters is 1. The minimum absolute atomic E-state index is 0.0319. The average Bonchev–Trinajstić information content (AvgIpc) is 3.14. The quantitative estimate of drug-likeness (QED) is 0.656. The lowest BCUT2D eigenvalue weighted by molar-refractivity contribution is -0.146. The molecular weight excluding hydrogens is 388 g/mol. The maximum atomic E-state index is 12.7. The van der Waals surface area contributed by atoms with Crippen LogP contribution in [0.3, 0.4) is 0 Å². The molecule has 1 N–H and O–H groups in total. The van der Waals surface area contributed by atoms with Crippen molar-refractivity contribution in [3.8, 4) is 0 Å². The largest absolute Gasteiger partial charge is 0.467 e. The Bertz CT molecular complexity index is 754. The fourth-order valence-corrected chi connectivity index (χ4v) is 6.03. The Hall–Kier alpha value is -1.45. The molecule has 2 rings (SSSR count). The van der Waals surface area contributed by atoms with Gasteiger partial charge in [-0.05, 0) is 30.9 Å². The third-order valence-corrected chi connectivity index (χ3v) is 8.32. The van der Waals surface area contributed by atoms with Gasteiger partial charge in [0.1, 0.15) is 10.3 Å². The van der Waals surface area contributed by atoms with Crippen molar-refractivity contribution in [1.82, 2.24) is 9.62 Å². The zero-order chi connectivity index (χ0) is 20.0. The summed E-state index contributed by atoms with van der Waals surface area (Å²) in [5.41, 5.74) is 0. The van der Waals surface area contributed by atoms with Gasteiger partial charge >= 0.3 is 5.97 Å². The minimum Gasteiger partial charge on any atom is -0.467 e. The first-order chi connectivity index (χ1) is 12.8. The van der Waals surface area contributed by atoms with E-state index in [-0.39, 0.29) is 22.5 Å². The Morgan fingerprint density at radius 3 is 2.52 bits per heavy atom. The lowest BCUT2D eigenvalue weighted by Gasteiger charge is -2.25. The van der Waals surface area contributed by atoms with Crippen LogP contribution in [0.1, 0.15) is 44.4 Å². The summed E-state index contributed by atoms with van der Waals surface area (Å²) in [6.45, 7) is 4.90. The summed E-state index contributed by atoms with van der Waals surface area (Å²) in [6.07, 6.45) is 3.57. The maximum absolute atomic E-state index is 12.7. The van der Waals surface area contributed by atoms with Gasteiger partial charge in [0.25, 0.3) is 10.0 Å². The molecule has 0 bridgehead atoms. The second-order valence-electron chi connectivity index (χ2n) is 6.82. The zero-order valence-corrected chi connectivity index (χ0v) is 17.7. The van der Waals surface area contributed by atoms with Gasteiger partial charge in [0.15, 0.2) is 0 Å². The molecule has 0 saturated carbocycles. The Balaban J connectivity index is 2.03. The number of sulfonamides is 1. The van der Waals surface area contributed by atoms with Crippen molar-refractivity contribution < 1.29 is 22.7 Å². The fraction of sp³-hybridized carbons (Fsp3) is 0.667. The van der Waals surface area contributed by atoms with Crippen LogP contribution < -0.4 is 5.32 Å². The highest BCUT2D eigenvalue weighted by Crippen LogP contribution is 2.27. The molecule has 9 heteroatoms. The molecule has 2 heterocycles. The molecule has 7 nitrogen and oxygen atoms in total. The zero-order valence-electron chi connectivity index (χ0n) is 16.1. The molecule has 0 aliphatic carbocycles. The lowest BCUT2D eigenvalue weighted by atomic mass is 9.99. The number of amides is 1. The second-order valence-corrected chi connectivity index (χ2v) is 10.1. The second kappa shape index (κ2) is 9.66. The van der Waals surface area contributed by atoms with Crippen molar-refractivity contribution in [3.05, 3.63) is 17.0 Å². The molecule has 27 heavy (non-hydrogen) atoms. The monoisotopic (exact) mass is 416 g/mol. The summed E-state index contributed by atoms with van der Waals surface area (Å²) < 4.78 is 31.9. The number of piperidine rings is 1. The highest BCUT2D eigenvalue weighted by molar-refractivity contribution is 7.91. The van der Waals surface area contributed by atoms with Gasteiger partial charge in [0.2, 0.25) is 5.91 Å². The Morgan fingerprint density at radius 1 is 1.26 bits per heavy atom. The van der Waals surface area contributed by atoms with E-state index < -0.39 is 22.0 Å². The van der Waals surface area contributed by atoms with Gasteiger partial charge in [0, 0.05) is 18.0 Å². The van der Waals surface area contributed by atoms with Gasteiger partial charge < -0.3 is 10.1 Å². The molecule has 1 aromatic heterocycles. The van der Waals surface area contributed by atoms with Crippen LogP contribution in [0.25, 0.3) is 0 Å². The number of nitrogens with zero attached hydrogens (tertiary/aromatic N) is 1. The summed E-state index contributed by atoms with van der Waals surface area (Å²) in [4.78, 5) is 24.9. The first kappa shape index (κ1) is 21.8. The van der Waals surface area contributed by atoms with Crippen molar-refractivity contribution in [1.29, 1.82) is 0 Å². The van der Waals surface area contributed by atoms with Crippen molar-refractivity contribution >= 4 is 33.2 Å². The summed E-state index contributed by atoms with van der Waals surface area (Å²) in [6, 6.07) is 2.52. The van der Waals surface area contributed by atoms with Gasteiger partial charge in [0.05, 0.1) is 13.5 Å². The molecule has 1 fully saturated rings. The van der Waals surface area contributed by atoms with Crippen LogP contribution in [-0.4, -0.2) is 50.8 Å². The van der Waals surface area contributed by atoms with E-state index in [9.17, 15) is 18.0 Å². The Morgan fingerprint density at radius 2 is 1.93 bits per heavy atom. The molecule has 1 saturated heterocycles. The van der Waals surface area contributed by atoms with Crippen LogP contribution in [0.5, 0.6) is 0 Å². The summed E-state index contributed by atoms with van der Waals surface area (Å²) >= 11 is 1.11. The van der Waals surface area contributed by atoms with Crippen LogP contribution in [-0.2, 0) is 30.8 Å². The third kappa shape index (κ3) is 5.52. The number of carbonyl (C=O) groups excluding carboxylic acids is 2. The Labute approximate surface area is 165 Å². The number of methoxy groups -OCH3 is 1. The standard InChI is InChI=1S/C18H28N2O5S2/c1-4-13(2)17(18(22)25-3)19-15(21)12-14-8-9-16(26-14)27(23,24)20-10-6-5-7-11-20/h8-9,13,17H,4-7,10-12H2,1-3H3,(H,19,21)/t13-,17+/m0/s1. The van der Waals surface area contributed by atoms with E-state index in [4.69, 9.17) is 4.74 Å². The smallest absolute Gasteiger partial charge is 0.328 e. The summed E-state index contributed by atoms with van der Waals surface area (Å²) in [5.74, 6) is -0.855. The number of ether oxygens (including phenoxy) is 1. The number of hydrogen-bond donors (Lipinski definition) is 1. The predicted octanol–water partition coefficient (Wildman–Crippen LogP) is 2.17. The van der Waals surface area contributed by atoms with Crippen LogP contribution >= 0.6 is 11.3 Å². The molecule has 0 radical (unpaired) electrons. The predicted molar refractivity (Wildman–Crippen MR) is 104 cm³/mol. The number of nitrogens with one attached hydrogen (secondary N) is 1. The van der Waals surface area contributed by atoms with Crippen LogP contribution in [0.4, 0.5) is 0 Å². The maximum Gasteiger partial charge on any atom is 0.328 e. The Kier molecular flexibility index (Phi) is 7.81. The van der Waals surface area contributed by atoms with E-state index in [0.29, 0.717) is 18.0 Å². The third-order valence-electron chi connectivity index (χ3n) is 4.87. The van der Waals surface area contributed by atoms with E-state index in [1.54, 1.807) is 12.1 Å². The van der Waals surface area contributed by atoms with E-state index in [1.165, 1.54) is 11.4 Å². The molecule has 0 aromatic carbocycles. The summed E-state index contributed by atoms with van der Waals surface area (Å²) in [7, 11) is -2.20. The van der Waals surface area contributed by atoms with Crippen molar-refractivity contribution in [2.24, 2.45) is 5.92 Å². The first-order valence-electron chi connectivity index (χ1n) is 9.25. The van der Waals surface area contributed by atoms with E-state index in [1.807, 2.05) is 13.8 Å². The van der Waals surface area contributed by atoms with E-state index in [0.717, 1.165) is 37.0 Å². The van der Waals surface area contributed by atoms with Crippen LogP contribution in [0.15, 0.2) is 16.3 Å². The number of hydrogen-bond acceptors (Lipinski definition) is 6. The van der Waals surface area contributed by atoms with Crippen molar-refractivity contribution in [3.63, 3.8) is 0 Å². The molecule has 1 aromatic rings. The highest BCUT2D eigenvalue weighted by Gasteiger charge is 2.29. The topological polar surface area (TPSA) is 92.8 Å². The lowest BCUT2D eigenvalue weighted by Crippen LogP contribution is -2.46. The van der Waals surface area contributed by atoms with E-state index in [2.05, 4.69) is 5.32 Å². The number of thiophene rings is 1. The van der Waals surface area contributed by atoms with Crippen molar-refractivity contribution in [2.45, 2.75) is 56.2 Å². The molecule has 2 atom stereocenters. The number of rotatable bonds is 8. The molecule has 1 aliphatic rings. The average molecular weight is 417 g/mol. The van der Waals surface area contributed by atoms with Crippen molar-refractivity contribution in [2.75, 3.05) is 20.2 Å². The highest BCUT2D eigenvalue weighted by atomic mass is 32.2. The molecule has 1 aliphatic heterocycles. The van der Waals surface area contributed by atoms with Gasteiger partial charge in [-0.25, -0.2) is 13.2 Å². The summed E-state index contributed by atoms with van der Waals surface area (Å²) in [5, 5.41) is 2.71. The van der Waals surface area contributed by atoms with Gasteiger partial charge in [-0.2, -0.15) is 4.31 Å². The SMILES string of the molecule is CC[C@H](C)[C@@H](NC(=O)Cc1ccc(S(=O)(=O)N2CCCCC2)s1)C(=O)OC. The van der Waals surface area contributed by atoms with Crippen LogP contribution in [0, 0.1) is 5.92 Å². The minimum atomic E-state index is -3.49. The van der Waals surface area contributed by atoms with Gasteiger partial charge in [-0.1, -0.05) is 26.7 Å². The molecule has 1 amide bonds. The first-order valence-corrected chi connectivity index (χ1v) is 11.5. The normalized spacial score (nSPS) is 17.9. The molecular formula is C18H28N2O5S2. The number of carbonyl (C=O) groups is 2. The van der Waals surface area contributed by atoms with Crippen LogP contribution in [0.2, 0.25) is 0 Å². The van der Waals surface area contributed by atoms with E-state index >= 15 is 0 Å². The molecule has 0 spiro atoms. The fourth-order valence-electron chi connectivity index (χ4n) is 3.00. The van der Waals surface area contributed by atoms with Gasteiger partial charge in [-0.3, -0.25) is 4.79 Å².